The van der Waals surface area contributed by atoms with Gasteiger partial charge in [0.15, 0.2) is 0 Å². The van der Waals surface area contributed by atoms with E-state index in [4.69, 9.17) is 0 Å². The van der Waals surface area contributed by atoms with Gasteiger partial charge in [0.25, 0.3) is 0 Å². The molecule has 0 aromatic heterocycles. The molecule has 1 fully saturated rings. The van der Waals surface area contributed by atoms with Gasteiger partial charge in [-0.3, -0.25) is 0 Å². The predicted molar refractivity (Wildman–Crippen MR) is 45.3 cm³/mol. The normalized spacial score (nSPS) is 43.7. The number of hydrogen-bond donors (Lipinski definition) is 0. The molecule has 1 aliphatic heterocycles. The summed E-state index contributed by atoms with van der Waals surface area (Å²) in [5.74, 6) is 1.91. The van der Waals surface area contributed by atoms with E-state index in [1.54, 1.807) is 0 Å². The number of fused-ring (bicyclic) bond motifs is 2. The van der Waals surface area contributed by atoms with Crippen LogP contribution in [0.1, 0.15) is 20.3 Å². The topological polar surface area (TPSA) is 0 Å². The van der Waals surface area contributed by atoms with E-state index in [0.29, 0.717) is 0 Å². The summed E-state index contributed by atoms with van der Waals surface area (Å²) < 4.78 is 0. The second-order valence-electron chi connectivity index (χ2n) is 3.67. The van der Waals surface area contributed by atoms with Crippen LogP contribution in [0.2, 0.25) is 9.63 Å². The molecular formula is C9H14Se. The molecule has 56 valence electrons. The van der Waals surface area contributed by atoms with E-state index in [2.05, 4.69) is 26.0 Å². The van der Waals surface area contributed by atoms with Gasteiger partial charge in [-0.2, -0.15) is 0 Å². The zero-order valence-electron chi connectivity index (χ0n) is 6.58. The fourth-order valence-corrected chi connectivity index (χ4v) is 5.42. The van der Waals surface area contributed by atoms with Crippen molar-refractivity contribution < 1.29 is 0 Å². The monoisotopic (exact) mass is 202 g/mol. The van der Waals surface area contributed by atoms with Crippen LogP contribution in [0.5, 0.6) is 0 Å². The van der Waals surface area contributed by atoms with Crippen molar-refractivity contribution >= 4 is 15.0 Å². The first-order valence-electron chi connectivity index (χ1n) is 4.11. The van der Waals surface area contributed by atoms with Gasteiger partial charge < -0.3 is 0 Å². The number of rotatable bonds is 1. The third-order valence-corrected chi connectivity index (χ3v) is 6.49. The molecule has 0 amide bonds. The Hall–Kier alpha value is 0.259. The molecule has 0 N–H and O–H groups in total. The molecule has 2 bridgehead atoms. The first-order chi connectivity index (χ1) is 4.77. The van der Waals surface area contributed by atoms with Crippen LogP contribution in [0, 0.1) is 11.8 Å². The summed E-state index contributed by atoms with van der Waals surface area (Å²) in [6.45, 7) is 4.75. The summed E-state index contributed by atoms with van der Waals surface area (Å²) in [5.41, 5.74) is 0. The summed E-state index contributed by atoms with van der Waals surface area (Å²) >= 11 is 0.938. The van der Waals surface area contributed by atoms with Crippen LogP contribution < -0.4 is 0 Å². The molecule has 0 aromatic carbocycles. The van der Waals surface area contributed by atoms with Crippen molar-refractivity contribution in [3.8, 4) is 0 Å². The van der Waals surface area contributed by atoms with Gasteiger partial charge in [0.05, 0.1) is 0 Å². The molecule has 0 saturated carbocycles. The Bertz CT molecular complexity index is 160. The van der Waals surface area contributed by atoms with Gasteiger partial charge in [0.2, 0.25) is 0 Å². The fraction of sp³-hybridized carbons (Fsp3) is 0.778. The van der Waals surface area contributed by atoms with Crippen LogP contribution in [0.25, 0.3) is 0 Å². The SMILES string of the molecule is CC(C)[C@H]1[Se]C2C=CC1C2. The second-order valence-corrected chi connectivity index (χ2v) is 6.65. The Balaban J connectivity index is 2.09. The van der Waals surface area contributed by atoms with Crippen LogP contribution in [0.3, 0.4) is 0 Å². The molecule has 2 rings (SSSR count). The van der Waals surface area contributed by atoms with Gasteiger partial charge in [-0.15, -0.1) is 0 Å². The zero-order chi connectivity index (χ0) is 7.14. The Morgan fingerprint density at radius 2 is 2.20 bits per heavy atom. The van der Waals surface area contributed by atoms with Crippen molar-refractivity contribution in [1.82, 2.24) is 0 Å². The average molecular weight is 201 g/mol. The summed E-state index contributed by atoms with van der Waals surface area (Å²) in [6, 6.07) is 0. The Labute approximate surface area is 69.2 Å². The van der Waals surface area contributed by atoms with Gasteiger partial charge in [0, 0.05) is 0 Å². The van der Waals surface area contributed by atoms with Gasteiger partial charge >= 0.3 is 68.8 Å². The molecule has 1 heteroatoms. The third kappa shape index (κ3) is 0.963. The molecule has 0 spiro atoms. The predicted octanol–water partition coefficient (Wildman–Crippen LogP) is 2.51. The minimum atomic E-state index is 0.931. The van der Waals surface area contributed by atoms with Gasteiger partial charge in [-0.05, 0) is 0 Å². The van der Waals surface area contributed by atoms with E-state index in [1.807, 2.05) is 0 Å². The Kier molecular flexibility index (Phi) is 1.66. The maximum atomic E-state index is 2.46. The standard InChI is InChI=1S/C9H14Se/c1-6(2)9-7-3-4-8(5-7)10-9/h3-4,6-9H,5H2,1-2H3/t7?,8?,9-/m1/s1. The van der Waals surface area contributed by atoms with Crippen molar-refractivity contribution in [3.05, 3.63) is 12.2 Å². The van der Waals surface area contributed by atoms with Crippen LogP contribution in [0.15, 0.2) is 12.2 Å². The molecule has 10 heavy (non-hydrogen) atoms. The Morgan fingerprint density at radius 1 is 1.40 bits per heavy atom. The van der Waals surface area contributed by atoms with Crippen molar-refractivity contribution in [2.45, 2.75) is 29.9 Å². The van der Waals surface area contributed by atoms with Crippen molar-refractivity contribution in [3.63, 3.8) is 0 Å². The summed E-state index contributed by atoms with van der Waals surface area (Å²) in [6.07, 6.45) is 6.40. The average Bonchev–Trinajstić information content (AvgIpc) is 2.44. The molecule has 1 aliphatic carbocycles. The number of allylic oxidation sites excluding steroid dienone is 2. The molecule has 3 atom stereocenters. The third-order valence-electron chi connectivity index (χ3n) is 2.49. The van der Waals surface area contributed by atoms with Gasteiger partial charge in [0.1, 0.15) is 0 Å². The van der Waals surface area contributed by atoms with Crippen molar-refractivity contribution in [1.29, 1.82) is 0 Å². The summed E-state index contributed by atoms with van der Waals surface area (Å²) in [4.78, 5) is 2.09. The quantitative estimate of drug-likeness (QED) is 0.451. The molecule has 0 nitrogen and oxygen atoms in total. The first-order valence-corrected chi connectivity index (χ1v) is 6.09. The summed E-state index contributed by atoms with van der Waals surface area (Å²) in [7, 11) is 0. The van der Waals surface area contributed by atoms with Gasteiger partial charge in [-0.25, -0.2) is 0 Å². The van der Waals surface area contributed by atoms with E-state index in [9.17, 15) is 0 Å². The van der Waals surface area contributed by atoms with Crippen molar-refractivity contribution in [2.75, 3.05) is 0 Å². The Morgan fingerprint density at radius 3 is 2.50 bits per heavy atom. The molecule has 1 saturated heterocycles. The molecule has 0 radical (unpaired) electrons. The van der Waals surface area contributed by atoms with E-state index in [1.165, 1.54) is 6.42 Å². The minimum absolute atomic E-state index is 0.931. The van der Waals surface area contributed by atoms with Crippen LogP contribution >= 0.6 is 0 Å². The molecule has 2 unspecified atom stereocenters. The van der Waals surface area contributed by atoms with Crippen LogP contribution in [-0.4, -0.2) is 15.0 Å². The maximum absolute atomic E-state index is 2.46. The molecule has 1 heterocycles. The molecular weight excluding hydrogens is 187 g/mol. The number of hydrogen-bond acceptors (Lipinski definition) is 0. The van der Waals surface area contributed by atoms with Crippen molar-refractivity contribution in [2.24, 2.45) is 11.8 Å². The van der Waals surface area contributed by atoms with E-state index in [-0.39, 0.29) is 0 Å². The van der Waals surface area contributed by atoms with E-state index >= 15 is 0 Å². The molecule has 0 aromatic rings. The van der Waals surface area contributed by atoms with Gasteiger partial charge in [-0.1, -0.05) is 0 Å². The van der Waals surface area contributed by atoms with Crippen LogP contribution in [0.4, 0.5) is 0 Å². The second kappa shape index (κ2) is 2.39. The zero-order valence-corrected chi connectivity index (χ0v) is 8.29. The van der Waals surface area contributed by atoms with Crippen LogP contribution in [-0.2, 0) is 0 Å². The fourth-order valence-electron chi connectivity index (χ4n) is 1.99. The molecule has 2 aliphatic rings. The van der Waals surface area contributed by atoms with E-state index in [0.717, 1.165) is 36.4 Å². The first kappa shape index (κ1) is 6.94. The van der Waals surface area contributed by atoms with E-state index < -0.39 is 0 Å². The summed E-state index contributed by atoms with van der Waals surface area (Å²) in [5, 5.41) is 0.